The molecule has 1 aromatic rings. The number of hydrogen-bond donors (Lipinski definition) is 1. The summed E-state index contributed by atoms with van der Waals surface area (Å²) in [6.07, 6.45) is 3.19. The monoisotopic (exact) mass is 233 g/mol. The number of nitrogens with one attached hydrogen (secondary N) is 1. The quantitative estimate of drug-likeness (QED) is 0.604. The van der Waals surface area contributed by atoms with Gasteiger partial charge in [0.05, 0.1) is 5.92 Å². The van der Waals surface area contributed by atoms with E-state index in [0.717, 1.165) is 19.4 Å². The van der Waals surface area contributed by atoms with E-state index in [-0.39, 0.29) is 11.9 Å². The molecule has 1 fully saturated rings. The molecule has 1 aromatic carbocycles. The summed E-state index contributed by atoms with van der Waals surface area (Å²) in [6, 6.07) is 10.2. The summed E-state index contributed by atoms with van der Waals surface area (Å²) < 4.78 is 5.18. The van der Waals surface area contributed by atoms with Crippen molar-refractivity contribution in [1.82, 2.24) is 5.32 Å². The summed E-state index contributed by atoms with van der Waals surface area (Å²) in [6.45, 7) is 2.01. The molecule has 1 aliphatic carbocycles. The van der Waals surface area contributed by atoms with E-state index in [1.54, 1.807) is 0 Å². The lowest BCUT2D eigenvalue weighted by Crippen LogP contribution is -2.27. The van der Waals surface area contributed by atoms with Gasteiger partial charge in [-0.3, -0.25) is 4.79 Å². The molecule has 0 amide bonds. The highest BCUT2D eigenvalue weighted by molar-refractivity contribution is 5.73. The fourth-order valence-corrected chi connectivity index (χ4v) is 1.81. The van der Waals surface area contributed by atoms with Gasteiger partial charge >= 0.3 is 5.97 Å². The lowest BCUT2D eigenvalue weighted by atomic mass is 9.86. The van der Waals surface area contributed by atoms with Crippen molar-refractivity contribution < 1.29 is 9.53 Å². The topological polar surface area (TPSA) is 38.3 Å². The van der Waals surface area contributed by atoms with Crippen molar-refractivity contribution >= 4 is 5.97 Å². The SMILES string of the molecule is O=C(OCCNCc1ccccc1)C1CCC1. The Labute approximate surface area is 102 Å². The Balaban J connectivity index is 1.53. The summed E-state index contributed by atoms with van der Waals surface area (Å²) >= 11 is 0. The first-order chi connectivity index (χ1) is 8.36. The summed E-state index contributed by atoms with van der Waals surface area (Å²) in [4.78, 5) is 11.4. The first-order valence-corrected chi connectivity index (χ1v) is 6.27. The molecule has 1 saturated carbocycles. The molecule has 0 atom stereocenters. The lowest BCUT2D eigenvalue weighted by Gasteiger charge is -2.23. The van der Waals surface area contributed by atoms with E-state index < -0.39 is 0 Å². The van der Waals surface area contributed by atoms with Crippen LogP contribution in [0.5, 0.6) is 0 Å². The zero-order chi connectivity index (χ0) is 11.9. The molecular formula is C14H19NO2. The zero-order valence-electron chi connectivity index (χ0n) is 10.0. The molecule has 17 heavy (non-hydrogen) atoms. The zero-order valence-corrected chi connectivity index (χ0v) is 10.0. The van der Waals surface area contributed by atoms with Gasteiger partial charge in [-0.05, 0) is 18.4 Å². The van der Waals surface area contributed by atoms with Crippen LogP contribution >= 0.6 is 0 Å². The van der Waals surface area contributed by atoms with E-state index in [9.17, 15) is 4.79 Å². The molecule has 0 saturated heterocycles. The standard InChI is InChI=1S/C14H19NO2/c16-14(13-7-4-8-13)17-10-9-15-11-12-5-2-1-3-6-12/h1-3,5-6,13,15H,4,7-11H2. The van der Waals surface area contributed by atoms with Crippen molar-refractivity contribution in [3.8, 4) is 0 Å². The van der Waals surface area contributed by atoms with Gasteiger partial charge in [0.25, 0.3) is 0 Å². The van der Waals surface area contributed by atoms with E-state index >= 15 is 0 Å². The van der Waals surface area contributed by atoms with Gasteiger partial charge in [-0.15, -0.1) is 0 Å². The third kappa shape index (κ3) is 3.86. The fraction of sp³-hybridized carbons (Fsp3) is 0.500. The molecule has 0 radical (unpaired) electrons. The maximum atomic E-state index is 11.4. The van der Waals surface area contributed by atoms with E-state index in [0.29, 0.717) is 13.2 Å². The van der Waals surface area contributed by atoms with Crippen LogP contribution in [-0.4, -0.2) is 19.1 Å². The fourth-order valence-electron chi connectivity index (χ4n) is 1.81. The predicted molar refractivity (Wildman–Crippen MR) is 66.4 cm³/mol. The number of hydrogen-bond acceptors (Lipinski definition) is 3. The predicted octanol–water partition coefficient (Wildman–Crippen LogP) is 2.12. The number of ether oxygens (including phenoxy) is 1. The van der Waals surface area contributed by atoms with Gasteiger partial charge in [-0.2, -0.15) is 0 Å². The maximum absolute atomic E-state index is 11.4. The summed E-state index contributed by atoms with van der Waals surface area (Å²) in [5, 5.41) is 3.25. The van der Waals surface area contributed by atoms with Gasteiger partial charge in [0.15, 0.2) is 0 Å². The highest BCUT2D eigenvalue weighted by Gasteiger charge is 2.26. The van der Waals surface area contributed by atoms with Gasteiger partial charge in [0, 0.05) is 13.1 Å². The van der Waals surface area contributed by atoms with Crippen LogP contribution in [0, 0.1) is 5.92 Å². The molecule has 0 aromatic heterocycles. The van der Waals surface area contributed by atoms with Crippen molar-refractivity contribution in [3.63, 3.8) is 0 Å². The van der Waals surface area contributed by atoms with Crippen molar-refractivity contribution in [1.29, 1.82) is 0 Å². The largest absolute Gasteiger partial charge is 0.464 e. The molecule has 1 N–H and O–H groups in total. The highest BCUT2D eigenvalue weighted by atomic mass is 16.5. The van der Waals surface area contributed by atoms with E-state index in [1.165, 1.54) is 12.0 Å². The molecule has 3 heteroatoms. The number of esters is 1. The second kappa shape index (κ2) is 6.40. The van der Waals surface area contributed by atoms with Crippen molar-refractivity contribution in [2.75, 3.05) is 13.2 Å². The minimum atomic E-state index is -0.0160. The van der Waals surface area contributed by atoms with Crippen LogP contribution in [0.25, 0.3) is 0 Å². The van der Waals surface area contributed by atoms with Gasteiger partial charge in [0.1, 0.15) is 6.61 Å². The smallest absolute Gasteiger partial charge is 0.308 e. The number of rotatable bonds is 6. The first-order valence-electron chi connectivity index (χ1n) is 6.27. The van der Waals surface area contributed by atoms with Gasteiger partial charge in [0.2, 0.25) is 0 Å². The molecule has 0 bridgehead atoms. The third-order valence-electron chi connectivity index (χ3n) is 3.13. The summed E-state index contributed by atoms with van der Waals surface area (Å²) in [5.41, 5.74) is 1.25. The summed E-state index contributed by atoms with van der Waals surface area (Å²) in [7, 11) is 0. The number of benzene rings is 1. The minimum absolute atomic E-state index is 0.0160. The van der Waals surface area contributed by atoms with E-state index in [4.69, 9.17) is 4.74 Å². The molecule has 1 aliphatic rings. The maximum Gasteiger partial charge on any atom is 0.308 e. The second-order valence-corrected chi connectivity index (χ2v) is 4.46. The Morgan fingerprint density at radius 2 is 2.06 bits per heavy atom. The highest BCUT2D eigenvalue weighted by Crippen LogP contribution is 2.27. The first kappa shape index (κ1) is 12.1. The Morgan fingerprint density at radius 1 is 1.29 bits per heavy atom. The average molecular weight is 233 g/mol. The Hall–Kier alpha value is -1.35. The van der Waals surface area contributed by atoms with Crippen molar-refractivity contribution in [3.05, 3.63) is 35.9 Å². The third-order valence-corrected chi connectivity index (χ3v) is 3.13. The van der Waals surface area contributed by atoms with Gasteiger partial charge in [-0.25, -0.2) is 0 Å². The normalized spacial score (nSPS) is 15.3. The van der Waals surface area contributed by atoms with Crippen LogP contribution in [0.3, 0.4) is 0 Å². The molecule has 0 spiro atoms. The van der Waals surface area contributed by atoms with Crippen molar-refractivity contribution in [2.45, 2.75) is 25.8 Å². The Morgan fingerprint density at radius 3 is 2.71 bits per heavy atom. The molecule has 3 nitrogen and oxygen atoms in total. The van der Waals surface area contributed by atoms with Crippen molar-refractivity contribution in [2.24, 2.45) is 5.92 Å². The van der Waals surface area contributed by atoms with Crippen LogP contribution in [0.2, 0.25) is 0 Å². The summed E-state index contributed by atoms with van der Waals surface area (Å²) in [5.74, 6) is 0.168. The van der Waals surface area contributed by atoms with E-state index in [1.807, 2.05) is 18.2 Å². The molecule has 2 rings (SSSR count). The van der Waals surface area contributed by atoms with Crippen LogP contribution < -0.4 is 5.32 Å². The Bertz CT molecular complexity index is 346. The van der Waals surface area contributed by atoms with Crippen LogP contribution in [0.15, 0.2) is 30.3 Å². The molecular weight excluding hydrogens is 214 g/mol. The number of carbonyl (C=O) groups excluding carboxylic acids is 1. The minimum Gasteiger partial charge on any atom is -0.464 e. The number of carbonyl (C=O) groups is 1. The average Bonchev–Trinajstić information content (AvgIpc) is 2.27. The van der Waals surface area contributed by atoms with Gasteiger partial charge in [-0.1, -0.05) is 36.8 Å². The lowest BCUT2D eigenvalue weighted by molar-refractivity contribution is -0.151. The van der Waals surface area contributed by atoms with Crippen LogP contribution in [-0.2, 0) is 16.1 Å². The van der Waals surface area contributed by atoms with E-state index in [2.05, 4.69) is 17.4 Å². The Kier molecular flexibility index (Phi) is 4.56. The molecule has 0 aliphatic heterocycles. The molecule has 92 valence electrons. The second-order valence-electron chi connectivity index (χ2n) is 4.46. The van der Waals surface area contributed by atoms with Gasteiger partial charge < -0.3 is 10.1 Å². The van der Waals surface area contributed by atoms with Crippen LogP contribution in [0.4, 0.5) is 0 Å². The van der Waals surface area contributed by atoms with Crippen LogP contribution in [0.1, 0.15) is 24.8 Å². The molecule has 0 unspecified atom stereocenters. The molecule has 0 heterocycles.